The minimum absolute atomic E-state index is 0.203. The van der Waals surface area contributed by atoms with Crippen molar-refractivity contribution in [3.8, 4) is 0 Å². The lowest BCUT2D eigenvalue weighted by atomic mass is 10.2. The molecule has 1 heterocycles. The molecule has 0 amide bonds. The van der Waals surface area contributed by atoms with Crippen molar-refractivity contribution in [1.29, 1.82) is 0 Å². The maximum atomic E-state index is 4.36. The van der Waals surface area contributed by atoms with Crippen molar-refractivity contribution in [2.75, 3.05) is 5.32 Å². The summed E-state index contributed by atoms with van der Waals surface area (Å²) in [5.41, 5.74) is 2.43. The summed E-state index contributed by atoms with van der Waals surface area (Å²) in [6.45, 7) is 4.25. The second-order valence-corrected chi connectivity index (χ2v) is 5.47. The number of anilines is 1. The Morgan fingerprint density at radius 2 is 2.18 bits per heavy atom. The van der Waals surface area contributed by atoms with E-state index in [0.717, 1.165) is 5.82 Å². The predicted molar refractivity (Wildman–Crippen MR) is 79.1 cm³/mol. The van der Waals surface area contributed by atoms with E-state index in [1.165, 1.54) is 14.8 Å². The molecule has 0 bridgehead atoms. The summed E-state index contributed by atoms with van der Waals surface area (Å²) < 4.78 is 3.30. The standard InChI is InChI=1S/C13H16IN3/c1-9-8-11(14)4-5-12(9)16-10(2)13-15-6-7-17(13)3/h4-8,10,16H,1-3H3. The summed E-state index contributed by atoms with van der Waals surface area (Å²) >= 11 is 2.33. The predicted octanol–water partition coefficient (Wildman–Crippen LogP) is 3.51. The van der Waals surface area contributed by atoms with Crippen LogP contribution in [0.5, 0.6) is 0 Å². The van der Waals surface area contributed by atoms with E-state index >= 15 is 0 Å². The van der Waals surface area contributed by atoms with Gasteiger partial charge in [0, 0.05) is 28.7 Å². The van der Waals surface area contributed by atoms with Crippen LogP contribution in [0.15, 0.2) is 30.6 Å². The number of nitrogens with zero attached hydrogens (tertiary/aromatic N) is 2. The first-order valence-corrected chi connectivity index (χ1v) is 6.65. The molecule has 1 aromatic carbocycles. The molecule has 0 aliphatic heterocycles. The van der Waals surface area contributed by atoms with Gasteiger partial charge in [0.05, 0.1) is 6.04 Å². The topological polar surface area (TPSA) is 29.9 Å². The fourth-order valence-electron chi connectivity index (χ4n) is 1.88. The number of aromatic nitrogens is 2. The van der Waals surface area contributed by atoms with Crippen LogP contribution < -0.4 is 5.32 Å². The van der Waals surface area contributed by atoms with Gasteiger partial charge in [-0.1, -0.05) is 0 Å². The molecular weight excluding hydrogens is 325 g/mol. The molecule has 3 nitrogen and oxygen atoms in total. The van der Waals surface area contributed by atoms with Crippen molar-refractivity contribution in [3.05, 3.63) is 45.6 Å². The van der Waals surface area contributed by atoms with Gasteiger partial charge in [0.15, 0.2) is 0 Å². The number of nitrogens with one attached hydrogen (secondary N) is 1. The molecule has 17 heavy (non-hydrogen) atoms. The van der Waals surface area contributed by atoms with E-state index in [0.29, 0.717) is 0 Å². The van der Waals surface area contributed by atoms with Gasteiger partial charge in [-0.25, -0.2) is 4.98 Å². The van der Waals surface area contributed by atoms with E-state index in [-0.39, 0.29) is 6.04 Å². The van der Waals surface area contributed by atoms with Crippen LogP contribution in [0.4, 0.5) is 5.69 Å². The van der Waals surface area contributed by atoms with E-state index in [2.05, 4.69) is 64.9 Å². The summed E-state index contributed by atoms with van der Waals surface area (Å²) in [7, 11) is 2.02. The van der Waals surface area contributed by atoms with Crippen molar-refractivity contribution in [2.45, 2.75) is 19.9 Å². The SMILES string of the molecule is Cc1cc(I)ccc1NC(C)c1nccn1C. The smallest absolute Gasteiger partial charge is 0.130 e. The van der Waals surface area contributed by atoms with Gasteiger partial charge in [-0.15, -0.1) is 0 Å². The van der Waals surface area contributed by atoms with Gasteiger partial charge >= 0.3 is 0 Å². The highest BCUT2D eigenvalue weighted by Crippen LogP contribution is 2.22. The molecule has 1 N–H and O–H groups in total. The molecular formula is C13H16IN3. The van der Waals surface area contributed by atoms with Crippen LogP contribution in [-0.4, -0.2) is 9.55 Å². The van der Waals surface area contributed by atoms with Crippen LogP contribution in [0.3, 0.4) is 0 Å². The third-order valence-electron chi connectivity index (χ3n) is 2.81. The molecule has 0 aliphatic rings. The van der Waals surface area contributed by atoms with E-state index < -0.39 is 0 Å². The lowest BCUT2D eigenvalue weighted by Gasteiger charge is -2.17. The zero-order valence-electron chi connectivity index (χ0n) is 10.2. The summed E-state index contributed by atoms with van der Waals surface area (Å²) in [5, 5.41) is 3.49. The molecule has 1 atom stereocenters. The zero-order chi connectivity index (χ0) is 12.4. The van der Waals surface area contributed by atoms with E-state index in [1.807, 2.05) is 24.0 Å². The highest BCUT2D eigenvalue weighted by atomic mass is 127. The number of hydrogen-bond acceptors (Lipinski definition) is 2. The van der Waals surface area contributed by atoms with Crippen molar-refractivity contribution in [2.24, 2.45) is 7.05 Å². The number of halogens is 1. The third-order valence-corrected chi connectivity index (χ3v) is 3.48. The van der Waals surface area contributed by atoms with E-state index in [4.69, 9.17) is 0 Å². The molecule has 0 spiro atoms. The van der Waals surface area contributed by atoms with Crippen LogP contribution in [0.1, 0.15) is 24.4 Å². The van der Waals surface area contributed by atoms with Gasteiger partial charge in [0.2, 0.25) is 0 Å². The number of aryl methyl sites for hydroxylation is 2. The molecule has 0 aliphatic carbocycles. The minimum Gasteiger partial charge on any atom is -0.375 e. The second-order valence-electron chi connectivity index (χ2n) is 4.22. The molecule has 0 saturated heterocycles. The average molecular weight is 341 g/mol. The fraction of sp³-hybridized carbons (Fsp3) is 0.308. The van der Waals surface area contributed by atoms with Gasteiger partial charge < -0.3 is 9.88 Å². The molecule has 1 unspecified atom stereocenters. The quantitative estimate of drug-likeness (QED) is 0.866. The Hall–Kier alpha value is -1.04. The van der Waals surface area contributed by atoms with Gasteiger partial charge in [-0.3, -0.25) is 0 Å². The molecule has 0 radical (unpaired) electrons. The lowest BCUT2D eigenvalue weighted by Crippen LogP contribution is -2.12. The van der Waals surface area contributed by atoms with Crippen LogP contribution in [0.2, 0.25) is 0 Å². The summed E-state index contributed by atoms with van der Waals surface area (Å²) in [4.78, 5) is 4.36. The molecule has 0 fully saturated rings. The van der Waals surface area contributed by atoms with Crippen LogP contribution in [0.25, 0.3) is 0 Å². The Balaban J connectivity index is 2.19. The Bertz CT molecular complexity index is 519. The third kappa shape index (κ3) is 2.80. The zero-order valence-corrected chi connectivity index (χ0v) is 12.4. The summed E-state index contributed by atoms with van der Waals surface area (Å²) in [5.74, 6) is 1.04. The maximum Gasteiger partial charge on any atom is 0.130 e. The van der Waals surface area contributed by atoms with E-state index in [1.54, 1.807) is 0 Å². The Morgan fingerprint density at radius 3 is 2.76 bits per heavy atom. The Kier molecular flexibility index (Phi) is 3.71. The van der Waals surface area contributed by atoms with E-state index in [9.17, 15) is 0 Å². The van der Waals surface area contributed by atoms with Crippen molar-refractivity contribution < 1.29 is 0 Å². The van der Waals surface area contributed by atoms with Gasteiger partial charge in [0.25, 0.3) is 0 Å². The number of rotatable bonds is 3. The first-order valence-electron chi connectivity index (χ1n) is 5.58. The minimum atomic E-state index is 0.203. The van der Waals surface area contributed by atoms with Crippen LogP contribution in [-0.2, 0) is 7.05 Å². The summed E-state index contributed by atoms with van der Waals surface area (Å²) in [6.07, 6.45) is 3.79. The van der Waals surface area contributed by atoms with Crippen LogP contribution >= 0.6 is 22.6 Å². The first-order chi connectivity index (χ1) is 8.08. The average Bonchev–Trinajstić information content (AvgIpc) is 2.68. The van der Waals surface area contributed by atoms with Crippen molar-refractivity contribution >= 4 is 28.3 Å². The lowest BCUT2D eigenvalue weighted by molar-refractivity contribution is 0.721. The molecule has 4 heteroatoms. The normalized spacial score (nSPS) is 12.5. The number of hydrogen-bond donors (Lipinski definition) is 1. The Labute approximate surface area is 115 Å². The molecule has 1 aromatic heterocycles. The monoisotopic (exact) mass is 341 g/mol. The Morgan fingerprint density at radius 1 is 1.41 bits per heavy atom. The van der Waals surface area contributed by atoms with Gasteiger partial charge in [0.1, 0.15) is 5.82 Å². The molecule has 2 rings (SSSR count). The first kappa shape index (κ1) is 12.4. The van der Waals surface area contributed by atoms with Crippen molar-refractivity contribution in [1.82, 2.24) is 9.55 Å². The highest BCUT2D eigenvalue weighted by Gasteiger charge is 2.10. The van der Waals surface area contributed by atoms with Crippen LogP contribution in [0, 0.1) is 10.5 Å². The fourth-order valence-corrected chi connectivity index (χ4v) is 2.53. The number of imidazole rings is 1. The number of benzene rings is 1. The van der Waals surface area contributed by atoms with Crippen molar-refractivity contribution in [3.63, 3.8) is 0 Å². The van der Waals surface area contributed by atoms with Gasteiger partial charge in [-0.05, 0) is 60.2 Å². The molecule has 0 saturated carbocycles. The second kappa shape index (κ2) is 5.08. The maximum absolute atomic E-state index is 4.36. The van der Waals surface area contributed by atoms with Gasteiger partial charge in [-0.2, -0.15) is 0 Å². The largest absolute Gasteiger partial charge is 0.375 e. The molecule has 90 valence electrons. The highest BCUT2D eigenvalue weighted by molar-refractivity contribution is 14.1. The summed E-state index contributed by atoms with van der Waals surface area (Å²) in [6, 6.07) is 6.61. The molecule has 2 aromatic rings.